The zero-order valence-electron chi connectivity index (χ0n) is 11.0. The van der Waals surface area contributed by atoms with Crippen LogP contribution in [0.2, 0.25) is 10.0 Å². The molecule has 0 saturated carbocycles. The third kappa shape index (κ3) is 2.54. The molecule has 3 rings (SSSR count). The first kappa shape index (κ1) is 14.5. The van der Waals surface area contributed by atoms with E-state index >= 15 is 0 Å². The predicted molar refractivity (Wildman–Crippen MR) is 84.8 cm³/mol. The highest BCUT2D eigenvalue weighted by Crippen LogP contribution is 2.43. The third-order valence-electron chi connectivity index (χ3n) is 3.97. The van der Waals surface area contributed by atoms with Gasteiger partial charge >= 0.3 is 0 Å². The van der Waals surface area contributed by atoms with Gasteiger partial charge in [-0.2, -0.15) is 0 Å². The van der Waals surface area contributed by atoms with Gasteiger partial charge in [0.1, 0.15) is 0 Å². The van der Waals surface area contributed by atoms with E-state index in [1.807, 2.05) is 16.7 Å². The van der Waals surface area contributed by atoms with Crippen molar-refractivity contribution in [3.05, 3.63) is 33.8 Å². The van der Waals surface area contributed by atoms with Crippen LogP contribution in [0.3, 0.4) is 0 Å². The van der Waals surface area contributed by atoms with Gasteiger partial charge in [0.25, 0.3) is 5.91 Å². The second-order valence-corrected chi connectivity index (χ2v) is 7.40. The molecule has 3 nitrogen and oxygen atoms in total. The standard InChI is InChI=1S/C14H16Cl2N2OS/c15-11-2-1-10(9-12(11)16)13(19)18-7-8-20-14(18)3-5-17-6-4-14/h1-2,9,17H,3-8H2. The average molecular weight is 331 g/mol. The van der Waals surface area contributed by atoms with Crippen LogP contribution in [0.25, 0.3) is 0 Å². The smallest absolute Gasteiger partial charge is 0.255 e. The van der Waals surface area contributed by atoms with Crippen LogP contribution >= 0.6 is 35.0 Å². The Balaban J connectivity index is 1.87. The normalized spacial score (nSPS) is 21.4. The van der Waals surface area contributed by atoms with E-state index in [1.54, 1.807) is 18.2 Å². The highest BCUT2D eigenvalue weighted by molar-refractivity contribution is 8.00. The Bertz CT molecular complexity index is 532. The monoisotopic (exact) mass is 330 g/mol. The number of benzene rings is 1. The van der Waals surface area contributed by atoms with Crippen molar-refractivity contribution in [1.29, 1.82) is 0 Å². The van der Waals surface area contributed by atoms with Gasteiger partial charge in [0.05, 0.1) is 14.9 Å². The molecule has 2 heterocycles. The first-order valence-electron chi connectivity index (χ1n) is 6.74. The van der Waals surface area contributed by atoms with Gasteiger partial charge in [-0.1, -0.05) is 23.2 Å². The fourth-order valence-corrected chi connectivity index (χ4v) is 4.69. The van der Waals surface area contributed by atoms with Gasteiger partial charge in [0, 0.05) is 17.9 Å². The predicted octanol–water partition coefficient (Wildman–Crippen LogP) is 3.26. The summed E-state index contributed by atoms with van der Waals surface area (Å²) in [4.78, 5) is 14.8. The number of rotatable bonds is 1. The lowest BCUT2D eigenvalue weighted by Crippen LogP contribution is -2.51. The van der Waals surface area contributed by atoms with Gasteiger partial charge in [-0.15, -0.1) is 11.8 Å². The van der Waals surface area contributed by atoms with Crippen molar-refractivity contribution in [2.75, 3.05) is 25.4 Å². The molecule has 0 bridgehead atoms. The highest BCUT2D eigenvalue weighted by Gasteiger charge is 2.45. The van der Waals surface area contributed by atoms with Crippen LogP contribution in [0.5, 0.6) is 0 Å². The largest absolute Gasteiger partial charge is 0.323 e. The maximum absolute atomic E-state index is 12.8. The Morgan fingerprint density at radius 3 is 2.70 bits per heavy atom. The molecule has 0 aliphatic carbocycles. The number of carbonyl (C=O) groups excluding carboxylic acids is 1. The fraction of sp³-hybridized carbons (Fsp3) is 0.500. The Morgan fingerprint density at radius 1 is 1.25 bits per heavy atom. The Labute approximate surface area is 133 Å². The molecule has 0 unspecified atom stereocenters. The van der Waals surface area contributed by atoms with Gasteiger partial charge in [-0.25, -0.2) is 0 Å². The summed E-state index contributed by atoms with van der Waals surface area (Å²) in [5.41, 5.74) is 0.625. The van der Waals surface area contributed by atoms with E-state index in [4.69, 9.17) is 23.2 Å². The summed E-state index contributed by atoms with van der Waals surface area (Å²) >= 11 is 13.9. The number of amides is 1. The number of piperidine rings is 1. The molecular formula is C14H16Cl2N2OS. The number of thioether (sulfide) groups is 1. The molecule has 0 aromatic heterocycles. The second kappa shape index (κ2) is 5.76. The van der Waals surface area contributed by atoms with Crippen LogP contribution in [0.1, 0.15) is 23.2 Å². The van der Waals surface area contributed by atoms with Crippen molar-refractivity contribution in [3.63, 3.8) is 0 Å². The fourth-order valence-electron chi connectivity index (χ4n) is 2.91. The van der Waals surface area contributed by atoms with E-state index in [9.17, 15) is 4.79 Å². The van der Waals surface area contributed by atoms with Crippen LogP contribution in [-0.4, -0.2) is 41.1 Å². The zero-order valence-corrected chi connectivity index (χ0v) is 13.3. The molecule has 2 aliphatic heterocycles. The Hall–Kier alpha value is -0.420. The second-order valence-electron chi connectivity index (χ2n) is 5.13. The zero-order chi connectivity index (χ0) is 14.2. The van der Waals surface area contributed by atoms with E-state index < -0.39 is 0 Å². The molecule has 1 N–H and O–H groups in total. The van der Waals surface area contributed by atoms with Crippen LogP contribution < -0.4 is 5.32 Å². The van der Waals surface area contributed by atoms with Crippen molar-refractivity contribution in [2.45, 2.75) is 17.7 Å². The van der Waals surface area contributed by atoms with E-state index in [-0.39, 0.29) is 10.8 Å². The summed E-state index contributed by atoms with van der Waals surface area (Å²) in [6, 6.07) is 5.12. The quantitative estimate of drug-likeness (QED) is 0.857. The third-order valence-corrected chi connectivity index (χ3v) is 6.27. The molecule has 108 valence electrons. The SMILES string of the molecule is O=C(c1ccc(Cl)c(Cl)c1)N1CCSC12CCNCC2. The van der Waals surface area contributed by atoms with Gasteiger partial charge < -0.3 is 10.2 Å². The summed E-state index contributed by atoms with van der Waals surface area (Å²) in [6.45, 7) is 2.75. The summed E-state index contributed by atoms with van der Waals surface area (Å²) in [6.07, 6.45) is 2.01. The molecule has 2 fully saturated rings. The average Bonchev–Trinajstić information content (AvgIpc) is 2.85. The van der Waals surface area contributed by atoms with Gasteiger partial charge in [-0.05, 0) is 44.1 Å². The molecule has 1 spiro atoms. The summed E-state index contributed by atoms with van der Waals surface area (Å²) in [7, 11) is 0. The molecular weight excluding hydrogens is 315 g/mol. The van der Waals surface area contributed by atoms with Crippen LogP contribution in [0, 0.1) is 0 Å². The summed E-state index contributed by atoms with van der Waals surface area (Å²) in [5, 5.41) is 4.28. The highest BCUT2D eigenvalue weighted by atomic mass is 35.5. The van der Waals surface area contributed by atoms with Crippen molar-refractivity contribution >= 4 is 40.9 Å². The van der Waals surface area contributed by atoms with Gasteiger partial charge in [0.2, 0.25) is 0 Å². The van der Waals surface area contributed by atoms with Crippen molar-refractivity contribution in [1.82, 2.24) is 10.2 Å². The molecule has 1 aromatic rings. The van der Waals surface area contributed by atoms with E-state index in [1.165, 1.54) is 0 Å². The summed E-state index contributed by atoms with van der Waals surface area (Å²) in [5.74, 6) is 1.07. The number of nitrogens with zero attached hydrogens (tertiary/aromatic N) is 1. The van der Waals surface area contributed by atoms with Crippen LogP contribution in [0.15, 0.2) is 18.2 Å². The topological polar surface area (TPSA) is 32.3 Å². The molecule has 6 heteroatoms. The van der Waals surface area contributed by atoms with E-state index in [0.29, 0.717) is 15.6 Å². The first-order valence-corrected chi connectivity index (χ1v) is 8.48. The van der Waals surface area contributed by atoms with Crippen molar-refractivity contribution < 1.29 is 4.79 Å². The number of nitrogens with one attached hydrogen (secondary N) is 1. The number of carbonyl (C=O) groups is 1. The molecule has 0 atom stereocenters. The lowest BCUT2D eigenvalue weighted by atomic mass is 10.0. The lowest BCUT2D eigenvalue weighted by molar-refractivity contribution is 0.0635. The number of halogens is 2. The molecule has 1 amide bonds. The number of hydrogen-bond donors (Lipinski definition) is 1. The maximum Gasteiger partial charge on any atom is 0.255 e. The van der Waals surface area contributed by atoms with Crippen LogP contribution in [0.4, 0.5) is 0 Å². The van der Waals surface area contributed by atoms with E-state index in [2.05, 4.69) is 5.32 Å². The van der Waals surface area contributed by atoms with Crippen molar-refractivity contribution in [3.8, 4) is 0 Å². The lowest BCUT2D eigenvalue weighted by Gasteiger charge is -2.40. The maximum atomic E-state index is 12.8. The molecule has 20 heavy (non-hydrogen) atoms. The molecule has 2 aliphatic rings. The Morgan fingerprint density at radius 2 is 2.00 bits per heavy atom. The minimum absolute atomic E-state index is 0.0333. The van der Waals surface area contributed by atoms with Crippen molar-refractivity contribution in [2.24, 2.45) is 0 Å². The van der Waals surface area contributed by atoms with E-state index in [0.717, 1.165) is 38.2 Å². The van der Waals surface area contributed by atoms with Gasteiger partial charge in [-0.3, -0.25) is 4.79 Å². The molecule has 0 radical (unpaired) electrons. The van der Waals surface area contributed by atoms with Gasteiger partial charge in [0.15, 0.2) is 0 Å². The van der Waals surface area contributed by atoms with Crippen LogP contribution in [-0.2, 0) is 0 Å². The Kier molecular flexibility index (Phi) is 4.18. The molecule has 1 aromatic carbocycles. The summed E-state index contributed by atoms with van der Waals surface area (Å²) < 4.78 is 0. The number of hydrogen-bond acceptors (Lipinski definition) is 3. The minimum Gasteiger partial charge on any atom is -0.323 e. The molecule has 2 saturated heterocycles. The first-order chi connectivity index (χ1) is 9.62. The minimum atomic E-state index is -0.0333.